The van der Waals surface area contributed by atoms with Gasteiger partial charge in [0.15, 0.2) is 0 Å². The minimum absolute atomic E-state index is 0.0547. The minimum atomic E-state index is 0.0547. The highest BCUT2D eigenvalue weighted by atomic mass is 16.1. The highest BCUT2D eigenvalue weighted by molar-refractivity contribution is 5.76. The van der Waals surface area contributed by atoms with Crippen molar-refractivity contribution in [3.8, 4) is 11.8 Å². The molecule has 16 heavy (non-hydrogen) atoms. The van der Waals surface area contributed by atoms with Gasteiger partial charge in [-0.25, -0.2) is 0 Å². The van der Waals surface area contributed by atoms with Crippen molar-refractivity contribution in [2.75, 3.05) is 0 Å². The predicted octanol–water partition coefficient (Wildman–Crippen LogP) is 2.67. The number of carbonyl (C=O) groups is 1. The molecule has 1 aromatic rings. The van der Waals surface area contributed by atoms with Crippen LogP contribution in [0.15, 0.2) is 30.3 Å². The molecule has 2 heteroatoms. The van der Waals surface area contributed by atoms with E-state index in [0.717, 1.165) is 5.56 Å². The molecular weight excluding hydrogens is 198 g/mol. The van der Waals surface area contributed by atoms with Crippen molar-refractivity contribution in [3.63, 3.8) is 0 Å². The lowest BCUT2D eigenvalue weighted by Crippen LogP contribution is -2.26. The molecule has 0 saturated carbocycles. The van der Waals surface area contributed by atoms with Crippen LogP contribution in [0.1, 0.15) is 38.3 Å². The second-order valence-corrected chi connectivity index (χ2v) is 3.63. The molecule has 1 N–H and O–H groups in total. The summed E-state index contributed by atoms with van der Waals surface area (Å²) < 4.78 is 0. The summed E-state index contributed by atoms with van der Waals surface area (Å²) in [5.41, 5.74) is 1.12. The summed E-state index contributed by atoms with van der Waals surface area (Å²) in [5.74, 6) is 5.71. The van der Waals surface area contributed by atoms with Crippen molar-refractivity contribution < 1.29 is 4.79 Å². The molecule has 1 atom stereocenters. The smallest absolute Gasteiger partial charge is 0.221 e. The average molecular weight is 215 g/mol. The van der Waals surface area contributed by atoms with Crippen LogP contribution < -0.4 is 5.32 Å². The third-order valence-electron chi connectivity index (χ3n) is 2.33. The summed E-state index contributed by atoms with van der Waals surface area (Å²) in [6, 6.07) is 9.99. The Labute approximate surface area is 97.1 Å². The average Bonchev–Trinajstić information content (AvgIpc) is 2.30. The Morgan fingerprint density at radius 2 is 2.06 bits per heavy atom. The number of hydrogen-bond acceptors (Lipinski definition) is 1. The Morgan fingerprint density at radius 3 is 2.69 bits per heavy atom. The van der Waals surface area contributed by atoms with E-state index >= 15 is 0 Å². The van der Waals surface area contributed by atoms with E-state index in [9.17, 15) is 4.79 Å². The zero-order chi connectivity index (χ0) is 11.8. The van der Waals surface area contributed by atoms with Crippen LogP contribution in [0, 0.1) is 11.8 Å². The van der Waals surface area contributed by atoms with Crippen LogP contribution in [-0.2, 0) is 4.79 Å². The number of hydrogen-bond donors (Lipinski definition) is 1. The van der Waals surface area contributed by atoms with Crippen LogP contribution in [0.3, 0.4) is 0 Å². The lowest BCUT2D eigenvalue weighted by molar-refractivity contribution is -0.121. The first-order chi connectivity index (χ1) is 7.74. The molecule has 0 spiro atoms. The number of carbonyl (C=O) groups excluding carboxylic acids is 1. The molecule has 0 aliphatic carbocycles. The van der Waals surface area contributed by atoms with E-state index in [2.05, 4.69) is 17.2 Å². The molecule has 0 unspecified atom stereocenters. The third-order valence-corrected chi connectivity index (χ3v) is 2.33. The SMILES string of the molecule is CC#CCCC(=O)N[C@@H](C)c1ccccc1. The van der Waals surface area contributed by atoms with Gasteiger partial charge in [0.2, 0.25) is 5.91 Å². The van der Waals surface area contributed by atoms with Gasteiger partial charge in [-0.05, 0) is 19.4 Å². The van der Waals surface area contributed by atoms with Crippen molar-refractivity contribution in [2.45, 2.75) is 32.7 Å². The monoisotopic (exact) mass is 215 g/mol. The highest BCUT2D eigenvalue weighted by Gasteiger charge is 2.07. The quantitative estimate of drug-likeness (QED) is 0.769. The fourth-order valence-corrected chi connectivity index (χ4v) is 1.44. The van der Waals surface area contributed by atoms with Gasteiger partial charge in [0.05, 0.1) is 6.04 Å². The molecule has 0 fully saturated rings. The molecule has 0 aliphatic rings. The first-order valence-corrected chi connectivity index (χ1v) is 5.48. The van der Waals surface area contributed by atoms with Crippen LogP contribution in [0.5, 0.6) is 0 Å². The number of nitrogens with one attached hydrogen (secondary N) is 1. The molecule has 0 heterocycles. The molecule has 1 rings (SSSR count). The molecule has 0 aromatic heterocycles. The molecule has 0 radical (unpaired) electrons. The van der Waals surface area contributed by atoms with Crippen molar-refractivity contribution in [1.29, 1.82) is 0 Å². The molecule has 1 aromatic carbocycles. The third kappa shape index (κ3) is 4.18. The Kier molecular flexibility index (Phi) is 5.15. The summed E-state index contributed by atoms with van der Waals surface area (Å²) in [6.45, 7) is 3.77. The van der Waals surface area contributed by atoms with E-state index in [0.29, 0.717) is 12.8 Å². The molecule has 2 nitrogen and oxygen atoms in total. The van der Waals surface area contributed by atoms with E-state index in [1.807, 2.05) is 37.3 Å². The topological polar surface area (TPSA) is 29.1 Å². The number of rotatable bonds is 4. The summed E-state index contributed by atoms with van der Waals surface area (Å²) in [4.78, 5) is 11.5. The first kappa shape index (κ1) is 12.3. The van der Waals surface area contributed by atoms with Crippen molar-refractivity contribution in [3.05, 3.63) is 35.9 Å². The van der Waals surface area contributed by atoms with Crippen LogP contribution in [-0.4, -0.2) is 5.91 Å². The summed E-state index contributed by atoms with van der Waals surface area (Å²) in [7, 11) is 0. The predicted molar refractivity (Wildman–Crippen MR) is 65.7 cm³/mol. The van der Waals surface area contributed by atoms with E-state index in [-0.39, 0.29) is 11.9 Å². The van der Waals surface area contributed by atoms with Crippen LogP contribution in [0.2, 0.25) is 0 Å². The number of amides is 1. The normalized spacial score (nSPS) is 11.1. The molecular formula is C14H17NO. The van der Waals surface area contributed by atoms with Crippen molar-refractivity contribution >= 4 is 5.91 Å². The summed E-state index contributed by atoms with van der Waals surface area (Å²) in [5, 5.41) is 2.95. The molecule has 1 amide bonds. The Morgan fingerprint density at radius 1 is 1.38 bits per heavy atom. The molecule has 0 aliphatic heterocycles. The van der Waals surface area contributed by atoms with Gasteiger partial charge in [-0.15, -0.1) is 11.8 Å². The molecule has 0 saturated heterocycles. The largest absolute Gasteiger partial charge is 0.350 e. The van der Waals surface area contributed by atoms with Crippen molar-refractivity contribution in [1.82, 2.24) is 5.32 Å². The van der Waals surface area contributed by atoms with E-state index < -0.39 is 0 Å². The van der Waals surface area contributed by atoms with E-state index in [4.69, 9.17) is 0 Å². The van der Waals surface area contributed by atoms with Gasteiger partial charge in [-0.1, -0.05) is 30.3 Å². The van der Waals surface area contributed by atoms with Gasteiger partial charge in [-0.2, -0.15) is 0 Å². The van der Waals surface area contributed by atoms with Gasteiger partial charge >= 0.3 is 0 Å². The fourth-order valence-electron chi connectivity index (χ4n) is 1.44. The summed E-state index contributed by atoms with van der Waals surface area (Å²) in [6.07, 6.45) is 1.10. The Hall–Kier alpha value is -1.75. The summed E-state index contributed by atoms with van der Waals surface area (Å²) >= 11 is 0. The van der Waals surface area contributed by atoms with E-state index in [1.165, 1.54) is 0 Å². The maximum Gasteiger partial charge on any atom is 0.221 e. The lowest BCUT2D eigenvalue weighted by atomic mass is 10.1. The second-order valence-electron chi connectivity index (χ2n) is 3.63. The van der Waals surface area contributed by atoms with Gasteiger partial charge in [0, 0.05) is 12.8 Å². The zero-order valence-corrected chi connectivity index (χ0v) is 9.79. The van der Waals surface area contributed by atoms with Gasteiger partial charge in [0.1, 0.15) is 0 Å². The van der Waals surface area contributed by atoms with Crippen LogP contribution in [0.4, 0.5) is 0 Å². The van der Waals surface area contributed by atoms with E-state index in [1.54, 1.807) is 6.92 Å². The minimum Gasteiger partial charge on any atom is -0.350 e. The zero-order valence-electron chi connectivity index (χ0n) is 9.79. The van der Waals surface area contributed by atoms with Gasteiger partial charge in [0.25, 0.3) is 0 Å². The van der Waals surface area contributed by atoms with Crippen LogP contribution in [0.25, 0.3) is 0 Å². The molecule has 84 valence electrons. The highest BCUT2D eigenvalue weighted by Crippen LogP contribution is 2.11. The number of benzene rings is 1. The van der Waals surface area contributed by atoms with Crippen LogP contribution >= 0.6 is 0 Å². The first-order valence-electron chi connectivity index (χ1n) is 5.48. The van der Waals surface area contributed by atoms with Gasteiger partial charge < -0.3 is 5.32 Å². The standard InChI is InChI=1S/C14H17NO/c1-3-4-6-11-14(16)15-12(2)13-9-7-5-8-10-13/h5,7-10,12H,6,11H2,1-2H3,(H,15,16)/t12-/m0/s1. The lowest BCUT2D eigenvalue weighted by Gasteiger charge is -2.13. The maximum absolute atomic E-state index is 11.5. The Balaban J connectivity index is 2.41. The Bertz CT molecular complexity index is 386. The van der Waals surface area contributed by atoms with Gasteiger partial charge in [-0.3, -0.25) is 4.79 Å². The van der Waals surface area contributed by atoms with Crippen molar-refractivity contribution in [2.24, 2.45) is 0 Å². The second kappa shape index (κ2) is 6.68. The maximum atomic E-state index is 11.5. The fraction of sp³-hybridized carbons (Fsp3) is 0.357. The molecule has 0 bridgehead atoms.